The molecule has 0 bridgehead atoms. The van der Waals surface area contributed by atoms with Crippen LogP contribution in [-0.4, -0.2) is 30.4 Å². The maximum atomic E-state index is 13.7. The van der Waals surface area contributed by atoms with Crippen LogP contribution in [0.5, 0.6) is 0 Å². The fraction of sp³-hybridized carbons (Fsp3) is 0.462. The number of nitrogens with two attached hydrogens (primary N) is 1. The Morgan fingerprint density at radius 2 is 2.16 bits per heavy atom. The van der Waals surface area contributed by atoms with Gasteiger partial charge >= 0.3 is 0 Å². The molecule has 1 saturated heterocycles. The van der Waals surface area contributed by atoms with E-state index in [4.69, 9.17) is 17.3 Å². The third kappa shape index (κ3) is 2.72. The fourth-order valence-corrected chi connectivity index (χ4v) is 2.37. The summed E-state index contributed by atoms with van der Waals surface area (Å²) < 4.78 is 27.0. The average molecular weight is 289 g/mol. The number of likely N-dealkylation sites (tertiary alicyclic amines) is 1. The summed E-state index contributed by atoms with van der Waals surface area (Å²) in [5.74, 6) is -2.13. The zero-order valence-corrected chi connectivity index (χ0v) is 11.3. The minimum absolute atomic E-state index is 0.156. The molecule has 2 N–H and O–H groups in total. The van der Waals surface area contributed by atoms with E-state index in [-0.39, 0.29) is 16.0 Å². The van der Waals surface area contributed by atoms with Gasteiger partial charge in [-0.15, -0.1) is 0 Å². The van der Waals surface area contributed by atoms with Crippen LogP contribution in [0.15, 0.2) is 12.1 Å². The van der Waals surface area contributed by atoms with E-state index in [1.807, 2.05) is 6.92 Å². The smallest absolute Gasteiger partial charge is 0.256 e. The molecule has 0 spiro atoms. The molecule has 1 aliphatic heterocycles. The third-order valence-electron chi connectivity index (χ3n) is 3.58. The number of amides is 1. The summed E-state index contributed by atoms with van der Waals surface area (Å²) in [6.07, 6.45) is 0.757. The van der Waals surface area contributed by atoms with E-state index in [0.29, 0.717) is 19.6 Å². The first-order chi connectivity index (χ1) is 8.86. The van der Waals surface area contributed by atoms with Gasteiger partial charge in [0.1, 0.15) is 11.6 Å². The van der Waals surface area contributed by atoms with Crippen molar-refractivity contribution < 1.29 is 13.6 Å². The molecule has 1 aromatic rings. The van der Waals surface area contributed by atoms with Crippen molar-refractivity contribution in [3.05, 3.63) is 34.4 Å². The maximum absolute atomic E-state index is 13.7. The van der Waals surface area contributed by atoms with Gasteiger partial charge in [0.25, 0.3) is 5.91 Å². The molecule has 1 fully saturated rings. The van der Waals surface area contributed by atoms with Crippen LogP contribution >= 0.6 is 11.6 Å². The molecule has 1 unspecified atom stereocenters. The summed E-state index contributed by atoms with van der Waals surface area (Å²) in [7, 11) is 0. The number of nitrogens with zero attached hydrogens (tertiary/aromatic N) is 1. The lowest BCUT2D eigenvalue weighted by Gasteiger charge is -2.22. The Hall–Kier alpha value is -1.20. The van der Waals surface area contributed by atoms with Gasteiger partial charge in [-0.3, -0.25) is 4.79 Å². The summed E-state index contributed by atoms with van der Waals surface area (Å²) in [5.41, 5.74) is 5.21. The molecule has 1 heterocycles. The van der Waals surface area contributed by atoms with E-state index in [1.165, 1.54) is 4.90 Å². The Morgan fingerprint density at radius 3 is 2.74 bits per heavy atom. The molecule has 0 aromatic heterocycles. The van der Waals surface area contributed by atoms with Crippen LogP contribution in [0.1, 0.15) is 23.7 Å². The quantitative estimate of drug-likeness (QED) is 0.850. The van der Waals surface area contributed by atoms with E-state index in [9.17, 15) is 13.6 Å². The summed E-state index contributed by atoms with van der Waals surface area (Å²) in [5, 5.41) is -0.331. The summed E-state index contributed by atoms with van der Waals surface area (Å²) in [4.78, 5) is 13.7. The van der Waals surface area contributed by atoms with Crippen LogP contribution in [0.3, 0.4) is 0 Å². The van der Waals surface area contributed by atoms with Crippen molar-refractivity contribution in [3.8, 4) is 0 Å². The van der Waals surface area contributed by atoms with Crippen LogP contribution < -0.4 is 5.73 Å². The summed E-state index contributed by atoms with van der Waals surface area (Å²) in [6, 6.07) is 1.67. The second kappa shape index (κ2) is 5.06. The molecule has 6 heteroatoms. The highest BCUT2D eigenvalue weighted by Gasteiger charge is 2.36. The Balaban J connectivity index is 2.24. The van der Waals surface area contributed by atoms with E-state index in [0.717, 1.165) is 18.6 Å². The highest BCUT2D eigenvalue weighted by atomic mass is 35.5. The van der Waals surface area contributed by atoms with E-state index >= 15 is 0 Å². The van der Waals surface area contributed by atoms with Gasteiger partial charge in [0, 0.05) is 13.1 Å². The number of halogens is 3. The molecule has 104 valence electrons. The Kier molecular flexibility index (Phi) is 3.78. The van der Waals surface area contributed by atoms with Gasteiger partial charge in [0.2, 0.25) is 0 Å². The van der Waals surface area contributed by atoms with Crippen LogP contribution in [0, 0.1) is 17.0 Å². The highest BCUT2D eigenvalue weighted by Crippen LogP contribution is 2.30. The van der Waals surface area contributed by atoms with Crippen LogP contribution in [0.2, 0.25) is 5.02 Å². The predicted octanol–water partition coefficient (Wildman–Crippen LogP) is 2.43. The second-order valence-electron chi connectivity index (χ2n) is 5.24. The first-order valence-electron chi connectivity index (χ1n) is 6.00. The fourth-order valence-electron chi connectivity index (χ4n) is 2.22. The summed E-state index contributed by atoms with van der Waals surface area (Å²) >= 11 is 5.46. The van der Waals surface area contributed by atoms with Crippen LogP contribution in [0.25, 0.3) is 0 Å². The normalized spacial score (nSPS) is 22.9. The van der Waals surface area contributed by atoms with Gasteiger partial charge in [-0.2, -0.15) is 0 Å². The molecule has 1 amide bonds. The van der Waals surface area contributed by atoms with E-state index in [2.05, 4.69) is 0 Å². The Morgan fingerprint density at radius 1 is 1.47 bits per heavy atom. The number of hydrogen-bond acceptors (Lipinski definition) is 2. The first kappa shape index (κ1) is 14.2. The van der Waals surface area contributed by atoms with E-state index < -0.39 is 17.5 Å². The van der Waals surface area contributed by atoms with Gasteiger partial charge in [0.05, 0.1) is 10.6 Å². The SMILES string of the molecule is CC1(CN)CCN(C(=O)c2cc(F)c(Cl)cc2F)C1. The van der Waals surface area contributed by atoms with Crippen molar-refractivity contribution in [3.63, 3.8) is 0 Å². The molecule has 3 nitrogen and oxygen atoms in total. The topological polar surface area (TPSA) is 46.3 Å². The van der Waals surface area contributed by atoms with Crippen molar-refractivity contribution in [1.82, 2.24) is 4.90 Å². The molecule has 2 rings (SSSR count). The van der Waals surface area contributed by atoms with Gasteiger partial charge in [-0.05, 0) is 30.5 Å². The zero-order valence-electron chi connectivity index (χ0n) is 10.5. The number of carbonyl (C=O) groups excluding carboxylic acids is 1. The van der Waals surface area contributed by atoms with Crippen LogP contribution in [0.4, 0.5) is 8.78 Å². The third-order valence-corrected chi connectivity index (χ3v) is 3.87. The molecular weight excluding hydrogens is 274 g/mol. The van der Waals surface area contributed by atoms with Gasteiger partial charge in [-0.25, -0.2) is 8.78 Å². The minimum atomic E-state index is -0.808. The largest absolute Gasteiger partial charge is 0.338 e. The van der Waals surface area contributed by atoms with Gasteiger partial charge in [0.15, 0.2) is 0 Å². The van der Waals surface area contributed by atoms with Crippen molar-refractivity contribution in [2.24, 2.45) is 11.1 Å². The monoisotopic (exact) mass is 288 g/mol. The predicted molar refractivity (Wildman–Crippen MR) is 69.0 cm³/mol. The maximum Gasteiger partial charge on any atom is 0.256 e. The van der Waals surface area contributed by atoms with Crippen molar-refractivity contribution >= 4 is 17.5 Å². The molecule has 0 aliphatic carbocycles. The molecule has 1 aliphatic rings. The number of carbonyl (C=O) groups is 1. The standard InChI is InChI=1S/C13H15ClF2N2O/c1-13(6-17)2-3-18(7-13)12(19)8-4-11(16)9(14)5-10(8)15/h4-5H,2-3,6-7,17H2,1H3. The number of benzene rings is 1. The van der Waals surface area contributed by atoms with Crippen LogP contribution in [-0.2, 0) is 0 Å². The molecule has 0 radical (unpaired) electrons. The number of hydrogen-bond donors (Lipinski definition) is 1. The van der Waals surface area contributed by atoms with Gasteiger partial charge < -0.3 is 10.6 Å². The Labute approximate surface area is 115 Å². The zero-order chi connectivity index (χ0) is 14.2. The lowest BCUT2D eigenvalue weighted by Crippen LogP contribution is -2.34. The molecule has 19 heavy (non-hydrogen) atoms. The lowest BCUT2D eigenvalue weighted by atomic mass is 9.90. The summed E-state index contributed by atoms with van der Waals surface area (Å²) in [6.45, 7) is 3.37. The Bertz CT molecular complexity index is 524. The van der Waals surface area contributed by atoms with E-state index in [1.54, 1.807) is 0 Å². The minimum Gasteiger partial charge on any atom is -0.338 e. The van der Waals surface area contributed by atoms with Crippen molar-refractivity contribution in [1.29, 1.82) is 0 Å². The lowest BCUT2D eigenvalue weighted by molar-refractivity contribution is 0.0771. The molecule has 1 aromatic carbocycles. The first-order valence-corrected chi connectivity index (χ1v) is 6.38. The number of rotatable bonds is 2. The molecular formula is C13H15ClF2N2O. The molecule has 1 atom stereocenters. The molecule has 0 saturated carbocycles. The highest BCUT2D eigenvalue weighted by molar-refractivity contribution is 6.30. The van der Waals surface area contributed by atoms with Crippen molar-refractivity contribution in [2.45, 2.75) is 13.3 Å². The van der Waals surface area contributed by atoms with Gasteiger partial charge in [-0.1, -0.05) is 18.5 Å². The van der Waals surface area contributed by atoms with Crippen molar-refractivity contribution in [2.75, 3.05) is 19.6 Å². The second-order valence-corrected chi connectivity index (χ2v) is 5.64. The average Bonchev–Trinajstić information content (AvgIpc) is 2.77.